The van der Waals surface area contributed by atoms with Gasteiger partial charge >= 0.3 is 0 Å². The zero-order valence-corrected chi connectivity index (χ0v) is 15.4. The number of sulfonamides is 1. The summed E-state index contributed by atoms with van der Waals surface area (Å²) >= 11 is 1.59. The molecule has 1 amide bonds. The van der Waals surface area contributed by atoms with Gasteiger partial charge in [-0.1, -0.05) is 0 Å². The van der Waals surface area contributed by atoms with E-state index in [1.165, 1.54) is 0 Å². The van der Waals surface area contributed by atoms with Gasteiger partial charge in [0.1, 0.15) is 0 Å². The maximum atomic E-state index is 12.5. The van der Waals surface area contributed by atoms with Crippen molar-refractivity contribution in [3.8, 4) is 0 Å². The summed E-state index contributed by atoms with van der Waals surface area (Å²) in [6, 6.07) is 4.81. The van der Waals surface area contributed by atoms with Crippen molar-refractivity contribution in [1.82, 2.24) is 9.71 Å². The van der Waals surface area contributed by atoms with Crippen LogP contribution in [-0.2, 0) is 27.7 Å². The molecule has 3 rings (SSSR count). The zero-order valence-electron chi connectivity index (χ0n) is 13.8. The Kier molecular flexibility index (Phi) is 4.46. The van der Waals surface area contributed by atoms with Crippen molar-refractivity contribution in [2.24, 2.45) is 0 Å². The van der Waals surface area contributed by atoms with Crippen LogP contribution in [0.5, 0.6) is 0 Å². The minimum Gasteiger partial charge on any atom is -0.315 e. The number of likely N-dealkylation sites (N-methyl/N-ethyl adjacent to an activating group) is 1. The molecular formula is C16H19N3O3S2. The molecule has 0 bridgehead atoms. The lowest BCUT2D eigenvalue weighted by molar-refractivity contribution is -0.117. The number of hydrogen-bond donors (Lipinski definition) is 1. The smallest absolute Gasteiger partial charge is 0.240 e. The van der Waals surface area contributed by atoms with Crippen LogP contribution < -0.4 is 9.62 Å². The van der Waals surface area contributed by atoms with E-state index in [0.29, 0.717) is 13.0 Å². The Hall–Kier alpha value is -1.77. The van der Waals surface area contributed by atoms with Gasteiger partial charge in [-0.05, 0) is 44.0 Å². The number of aryl methyl sites for hydroxylation is 2. The summed E-state index contributed by atoms with van der Waals surface area (Å²) in [6.07, 6.45) is 0.858. The molecule has 0 saturated carbocycles. The van der Waals surface area contributed by atoms with Crippen LogP contribution in [0, 0.1) is 13.8 Å². The molecule has 1 aromatic carbocycles. The highest BCUT2D eigenvalue weighted by molar-refractivity contribution is 7.89. The number of fused-ring (bicyclic) bond motifs is 1. The minimum atomic E-state index is -3.59. The van der Waals surface area contributed by atoms with E-state index < -0.39 is 10.0 Å². The molecule has 1 aromatic heterocycles. The van der Waals surface area contributed by atoms with Gasteiger partial charge < -0.3 is 4.90 Å². The van der Waals surface area contributed by atoms with Gasteiger partial charge in [-0.2, -0.15) is 0 Å². The second-order valence-corrected chi connectivity index (χ2v) is 8.86. The van der Waals surface area contributed by atoms with E-state index in [1.807, 2.05) is 13.8 Å². The fourth-order valence-electron chi connectivity index (χ4n) is 2.80. The van der Waals surface area contributed by atoms with E-state index in [2.05, 4.69) is 9.71 Å². The number of benzene rings is 1. The molecule has 0 fully saturated rings. The van der Waals surface area contributed by atoms with Crippen molar-refractivity contribution in [2.75, 3.05) is 18.5 Å². The second-order valence-electron chi connectivity index (χ2n) is 5.81. The number of amides is 1. The normalized spacial score (nSPS) is 14.3. The molecule has 8 heteroatoms. The molecule has 24 heavy (non-hydrogen) atoms. The van der Waals surface area contributed by atoms with Gasteiger partial charge in [0.2, 0.25) is 15.9 Å². The summed E-state index contributed by atoms with van der Waals surface area (Å²) in [7, 11) is -1.89. The Bertz CT molecular complexity index is 903. The fraction of sp³-hybridized carbons (Fsp3) is 0.375. The standard InChI is InChI=1S/C16H19N3O3S2/c1-10-15(23-11(2)18-10)6-7-17-24(21,22)13-4-5-14-12(8-13)9-16(20)19(14)3/h4-5,8,17H,6-7,9H2,1-3H3. The Morgan fingerprint density at radius 3 is 2.75 bits per heavy atom. The van der Waals surface area contributed by atoms with Gasteiger partial charge in [0, 0.05) is 24.2 Å². The Morgan fingerprint density at radius 1 is 1.33 bits per heavy atom. The lowest BCUT2D eigenvalue weighted by atomic mass is 10.2. The average Bonchev–Trinajstić information content (AvgIpc) is 2.98. The molecule has 0 radical (unpaired) electrons. The third-order valence-corrected chi connectivity index (χ3v) is 6.67. The molecule has 2 aromatic rings. The predicted molar refractivity (Wildman–Crippen MR) is 94.0 cm³/mol. The van der Waals surface area contributed by atoms with Gasteiger partial charge in [0.25, 0.3) is 0 Å². The summed E-state index contributed by atoms with van der Waals surface area (Å²) in [5.74, 6) is -0.0245. The van der Waals surface area contributed by atoms with Gasteiger partial charge in [-0.3, -0.25) is 4.79 Å². The van der Waals surface area contributed by atoms with Gasteiger partial charge in [-0.25, -0.2) is 18.1 Å². The van der Waals surface area contributed by atoms with Crippen LogP contribution in [0.1, 0.15) is 21.1 Å². The SMILES string of the molecule is Cc1nc(C)c(CCNS(=O)(=O)c2ccc3c(c2)CC(=O)N3C)s1. The third kappa shape index (κ3) is 3.22. The quantitative estimate of drug-likeness (QED) is 0.876. The molecule has 6 nitrogen and oxygen atoms in total. The molecular weight excluding hydrogens is 346 g/mol. The highest BCUT2D eigenvalue weighted by atomic mass is 32.2. The molecule has 0 aliphatic carbocycles. The fourth-order valence-corrected chi connectivity index (χ4v) is 4.82. The third-order valence-electron chi connectivity index (χ3n) is 4.08. The number of hydrogen-bond acceptors (Lipinski definition) is 5. The number of nitrogens with zero attached hydrogens (tertiary/aromatic N) is 2. The van der Waals surface area contributed by atoms with E-state index >= 15 is 0 Å². The number of nitrogens with one attached hydrogen (secondary N) is 1. The highest BCUT2D eigenvalue weighted by Gasteiger charge is 2.26. The molecule has 0 atom stereocenters. The van der Waals surface area contributed by atoms with Crippen LogP contribution in [0.2, 0.25) is 0 Å². The lowest BCUT2D eigenvalue weighted by Crippen LogP contribution is -2.26. The molecule has 1 aliphatic heterocycles. The van der Waals surface area contributed by atoms with Crippen LogP contribution in [0.3, 0.4) is 0 Å². The summed E-state index contributed by atoms with van der Waals surface area (Å²) in [4.78, 5) is 18.9. The largest absolute Gasteiger partial charge is 0.315 e. The maximum absolute atomic E-state index is 12.5. The van der Waals surface area contributed by atoms with E-state index in [0.717, 1.165) is 26.8 Å². The predicted octanol–water partition coefficient (Wildman–Crippen LogP) is 1.80. The topological polar surface area (TPSA) is 79.4 Å². The van der Waals surface area contributed by atoms with Crippen molar-refractivity contribution in [3.63, 3.8) is 0 Å². The molecule has 1 aliphatic rings. The van der Waals surface area contributed by atoms with Crippen LogP contribution in [0.15, 0.2) is 23.1 Å². The number of aromatic nitrogens is 1. The summed E-state index contributed by atoms with van der Waals surface area (Å²) in [5.41, 5.74) is 2.48. The summed E-state index contributed by atoms with van der Waals surface area (Å²) < 4.78 is 27.5. The first-order chi connectivity index (χ1) is 11.3. The average molecular weight is 365 g/mol. The summed E-state index contributed by atoms with van der Waals surface area (Å²) in [6.45, 7) is 4.19. The van der Waals surface area contributed by atoms with E-state index in [4.69, 9.17) is 0 Å². The molecule has 128 valence electrons. The van der Waals surface area contributed by atoms with Crippen LogP contribution in [-0.4, -0.2) is 32.9 Å². The van der Waals surface area contributed by atoms with E-state index in [9.17, 15) is 13.2 Å². The van der Waals surface area contributed by atoms with Crippen molar-refractivity contribution in [3.05, 3.63) is 39.3 Å². The summed E-state index contributed by atoms with van der Waals surface area (Å²) in [5, 5.41) is 0.984. The Balaban J connectivity index is 1.71. The second kappa shape index (κ2) is 6.27. The first-order valence-corrected chi connectivity index (χ1v) is 9.90. The zero-order chi connectivity index (χ0) is 17.5. The number of thiazole rings is 1. The molecule has 0 spiro atoms. The monoisotopic (exact) mass is 365 g/mol. The van der Waals surface area contributed by atoms with Gasteiger partial charge in [-0.15, -0.1) is 11.3 Å². The highest BCUT2D eigenvalue weighted by Crippen LogP contribution is 2.29. The number of carbonyl (C=O) groups excluding carboxylic acids is 1. The molecule has 2 heterocycles. The first-order valence-electron chi connectivity index (χ1n) is 7.60. The van der Waals surface area contributed by atoms with Crippen LogP contribution in [0.25, 0.3) is 0 Å². The Labute approximate surface area is 145 Å². The first kappa shape index (κ1) is 17.1. The minimum absolute atomic E-state index is 0.0245. The van der Waals surface area contributed by atoms with Crippen molar-refractivity contribution < 1.29 is 13.2 Å². The van der Waals surface area contributed by atoms with E-state index in [1.54, 1.807) is 41.5 Å². The van der Waals surface area contributed by atoms with Crippen LogP contribution in [0.4, 0.5) is 5.69 Å². The molecule has 0 unspecified atom stereocenters. The van der Waals surface area contributed by atoms with Gasteiger partial charge in [0.05, 0.1) is 22.0 Å². The number of carbonyl (C=O) groups is 1. The van der Waals surface area contributed by atoms with Crippen LogP contribution >= 0.6 is 11.3 Å². The molecule has 0 saturated heterocycles. The maximum Gasteiger partial charge on any atom is 0.240 e. The molecule has 1 N–H and O–H groups in total. The van der Waals surface area contributed by atoms with E-state index in [-0.39, 0.29) is 17.2 Å². The van der Waals surface area contributed by atoms with Crippen molar-refractivity contribution in [1.29, 1.82) is 0 Å². The number of anilines is 1. The number of rotatable bonds is 5. The Morgan fingerprint density at radius 2 is 2.08 bits per heavy atom. The van der Waals surface area contributed by atoms with Crippen molar-refractivity contribution >= 4 is 33.0 Å². The van der Waals surface area contributed by atoms with Crippen molar-refractivity contribution in [2.45, 2.75) is 31.6 Å². The van der Waals surface area contributed by atoms with Gasteiger partial charge in [0.15, 0.2) is 0 Å². The lowest BCUT2D eigenvalue weighted by Gasteiger charge is -2.11.